The summed E-state index contributed by atoms with van der Waals surface area (Å²) in [5.74, 6) is 0.460. The summed E-state index contributed by atoms with van der Waals surface area (Å²) in [6.45, 7) is 12.8. The Balaban J connectivity index is 1.28. The Kier molecular flexibility index (Phi) is 6.45. The zero-order valence-corrected chi connectivity index (χ0v) is 23.3. The number of piperidine rings is 1. The van der Waals surface area contributed by atoms with Crippen molar-refractivity contribution >= 4 is 22.9 Å². The van der Waals surface area contributed by atoms with E-state index in [1.165, 1.54) is 10.7 Å². The van der Waals surface area contributed by atoms with Crippen LogP contribution in [0.2, 0.25) is 0 Å². The van der Waals surface area contributed by atoms with Crippen LogP contribution in [0.15, 0.2) is 29.5 Å². The maximum absolute atomic E-state index is 16.2. The lowest BCUT2D eigenvalue weighted by Crippen LogP contribution is -2.67. The number of nitrogens with zero attached hydrogens (tertiary/aromatic N) is 6. The van der Waals surface area contributed by atoms with E-state index in [2.05, 4.69) is 46.1 Å². The van der Waals surface area contributed by atoms with Gasteiger partial charge >= 0.3 is 0 Å². The van der Waals surface area contributed by atoms with Crippen molar-refractivity contribution in [1.29, 1.82) is 0 Å². The van der Waals surface area contributed by atoms with Gasteiger partial charge in [-0.25, -0.2) is 18.3 Å². The first-order chi connectivity index (χ1) is 18.6. The molecule has 6 heterocycles. The Bertz CT molecular complexity index is 1430. The Morgan fingerprint density at radius 2 is 2.05 bits per heavy atom. The number of anilines is 1. The van der Waals surface area contributed by atoms with E-state index < -0.39 is 17.5 Å². The van der Waals surface area contributed by atoms with Crippen LogP contribution in [0.25, 0.3) is 16.8 Å². The van der Waals surface area contributed by atoms with E-state index in [0.29, 0.717) is 55.3 Å². The summed E-state index contributed by atoms with van der Waals surface area (Å²) in [7, 11) is 0. The summed E-state index contributed by atoms with van der Waals surface area (Å²) >= 11 is 0. The minimum Gasteiger partial charge on any atom is -0.377 e. The predicted octanol–water partition coefficient (Wildman–Crippen LogP) is 5.56. The van der Waals surface area contributed by atoms with Gasteiger partial charge in [0.1, 0.15) is 5.67 Å². The summed E-state index contributed by atoms with van der Waals surface area (Å²) in [4.78, 5) is 16.3. The molecule has 0 bridgehead atoms. The van der Waals surface area contributed by atoms with Crippen LogP contribution < -0.4 is 5.32 Å². The lowest BCUT2D eigenvalue weighted by Gasteiger charge is -2.53. The van der Waals surface area contributed by atoms with Crippen LogP contribution in [-0.2, 0) is 4.74 Å². The third-order valence-corrected chi connectivity index (χ3v) is 8.88. The van der Waals surface area contributed by atoms with Gasteiger partial charge in [0, 0.05) is 24.7 Å². The van der Waals surface area contributed by atoms with E-state index in [1.807, 2.05) is 26.0 Å². The van der Waals surface area contributed by atoms with Crippen molar-refractivity contribution in [3.63, 3.8) is 0 Å². The highest BCUT2D eigenvalue weighted by molar-refractivity contribution is 5.88. The van der Waals surface area contributed by atoms with Crippen molar-refractivity contribution < 1.29 is 13.5 Å². The fraction of sp³-hybridized carbons (Fsp3) is 0.586. The number of alkyl halides is 1. The monoisotopic (exact) mass is 537 g/mol. The van der Waals surface area contributed by atoms with E-state index in [0.717, 1.165) is 30.1 Å². The lowest BCUT2D eigenvalue weighted by atomic mass is 9.83. The molecule has 0 aliphatic carbocycles. The number of aliphatic imine (C=N–C) groups is 1. The molecule has 0 radical (unpaired) electrons. The maximum atomic E-state index is 16.2. The molecule has 1 N–H and O–H groups in total. The molecule has 3 aliphatic rings. The fourth-order valence-electron chi connectivity index (χ4n) is 6.25. The molecule has 2 fully saturated rings. The molecule has 0 amide bonds. The molecule has 208 valence electrons. The molecular weight excluding hydrogens is 500 g/mol. The van der Waals surface area contributed by atoms with Gasteiger partial charge in [-0.1, -0.05) is 20.8 Å². The van der Waals surface area contributed by atoms with E-state index in [9.17, 15) is 0 Å². The van der Waals surface area contributed by atoms with Crippen LogP contribution >= 0.6 is 0 Å². The molecule has 2 unspecified atom stereocenters. The van der Waals surface area contributed by atoms with Crippen molar-refractivity contribution in [2.24, 2.45) is 10.9 Å². The van der Waals surface area contributed by atoms with E-state index >= 15 is 8.78 Å². The van der Waals surface area contributed by atoms with Crippen molar-refractivity contribution in [1.82, 2.24) is 24.5 Å². The summed E-state index contributed by atoms with van der Waals surface area (Å²) in [5.41, 5.74) is 2.70. The minimum absolute atomic E-state index is 0.100. The molecule has 6 rings (SSSR count). The van der Waals surface area contributed by atoms with Crippen molar-refractivity contribution in [2.75, 3.05) is 31.6 Å². The summed E-state index contributed by atoms with van der Waals surface area (Å²) in [6.07, 6.45) is 4.75. The second kappa shape index (κ2) is 9.59. The Morgan fingerprint density at radius 1 is 1.26 bits per heavy atom. The zero-order valence-electron chi connectivity index (χ0n) is 23.3. The molecule has 0 saturated carbocycles. The first-order valence-electron chi connectivity index (χ1n) is 14.0. The van der Waals surface area contributed by atoms with Crippen LogP contribution in [0.4, 0.5) is 20.4 Å². The first-order valence-corrected chi connectivity index (χ1v) is 14.0. The maximum Gasteiger partial charge on any atom is 0.241 e. The Hall–Kier alpha value is -2.98. The van der Waals surface area contributed by atoms with Gasteiger partial charge in [-0.05, 0) is 51.2 Å². The van der Waals surface area contributed by atoms with Gasteiger partial charge in [-0.15, -0.1) is 5.10 Å². The number of hydrogen-bond donors (Lipinski definition) is 1. The molecule has 8 nitrogen and oxygen atoms in total. The summed E-state index contributed by atoms with van der Waals surface area (Å²) in [5, 5.41) is 7.74. The number of pyridine rings is 1. The molecular formula is C29H37F2N7O. The normalized spacial score (nSPS) is 26.8. The van der Waals surface area contributed by atoms with E-state index in [1.54, 1.807) is 6.20 Å². The highest BCUT2D eigenvalue weighted by atomic mass is 19.1. The van der Waals surface area contributed by atoms with Crippen LogP contribution in [-0.4, -0.2) is 73.7 Å². The van der Waals surface area contributed by atoms with E-state index in [-0.39, 0.29) is 17.4 Å². The second-order valence-corrected chi connectivity index (χ2v) is 12.1. The minimum atomic E-state index is -1.44. The summed E-state index contributed by atoms with van der Waals surface area (Å²) < 4.78 is 38.4. The van der Waals surface area contributed by atoms with Crippen molar-refractivity contribution in [3.8, 4) is 11.3 Å². The third kappa shape index (κ3) is 4.51. The van der Waals surface area contributed by atoms with Gasteiger partial charge in [0.2, 0.25) is 5.95 Å². The van der Waals surface area contributed by atoms with Crippen LogP contribution in [0.5, 0.6) is 0 Å². The summed E-state index contributed by atoms with van der Waals surface area (Å²) in [6, 6.07) is 3.28. The Morgan fingerprint density at radius 3 is 2.74 bits per heavy atom. The molecule has 3 atom stereocenters. The van der Waals surface area contributed by atoms with E-state index in [4.69, 9.17) is 9.72 Å². The number of halogens is 2. The smallest absolute Gasteiger partial charge is 0.241 e. The standard InChI is InChI=1S/C29H37F2N7O/c1-6-29(31)14-37(28(5)15-39-16-28)10-9-24(29)35-27-32-12-23-25(20(30)13-38(23)36-27)21-7-8-22-26(34-21)19(17(2)3)11-18(4)33-22/h7-8,12-13,17,19,24H,6,9-11,14-16H2,1-5H3,(H,35,36)/t19?,24-,29?/m1/s1. The molecule has 3 aromatic rings. The van der Waals surface area contributed by atoms with Crippen molar-refractivity contribution in [3.05, 3.63) is 36.0 Å². The number of fused-ring (bicyclic) bond motifs is 2. The number of ether oxygens (including phenoxy) is 1. The average molecular weight is 538 g/mol. The van der Waals surface area contributed by atoms with Gasteiger partial charge in [0.05, 0.1) is 65.3 Å². The Labute approximate surface area is 227 Å². The van der Waals surface area contributed by atoms with Gasteiger partial charge in [0.15, 0.2) is 5.82 Å². The van der Waals surface area contributed by atoms with Crippen LogP contribution in [0.1, 0.15) is 65.5 Å². The molecule has 3 aromatic heterocycles. The van der Waals surface area contributed by atoms with Gasteiger partial charge in [-0.2, -0.15) is 0 Å². The van der Waals surface area contributed by atoms with Crippen molar-refractivity contribution in [2.45, 2.75) is 77.0 Å². The third-order valence-electron chi connectivity index (χ3n) is 8.88. The topological polar surface area (TPSA) is 79.9 Å². The highest BCUT2D eigenvalue weighted by Crippen LogP contribution is 2.40. The molecule has 3 aliphatic heterocycles. The SMILES string of the molecule is CCC1(F)CN(C2(C)COC2)CC[C@H]1Nc1ncc2c(-c3ccc4c(n3)C(C(C)C)CC(C)=N4)c(F)cn2n1. The number of rotatable bonds is 6. The molecule has 2 saturated heterocycles. The van der Waals surface area contributed by atoms with Crippen LogP contribution in [0, 0.1) is 11.7 Å². The number of hydrogen-bond acceptors (Lipinski definition) is 7. The average Bonchev–Trinajstić information content (AvgIpc) is 3.22. The highest BCUT2D eigenvalue weighted by Gasteiger charge is 2.49. The van der Waals surface area contributed by atoms with Gasteiger partial charge < -0.3 is 10.1 Å². The molecule has 39 heavy (non-hydrogen) atoms. The number of nitrogens with one attached hydrogen (secondary N) is 1. The predicted molar refractivity (Wildman–Crippen MR) is 148 cm³/mol. The lowest BCUT2D eigenvalue weighted by molar-refractivity contribution is -0.153. The fourth-order valence-corrected chi connectivity index (χ4v) is 6.25. The van der Waals surface area contributed by atoms with Gasteiger partial charge in [-0.3, -0.25) is 14.9 Å². The zero-order chi connectivity index (χ0) is 27.5. The quantitative estimate of drug-likeness (QED) is 0.444. The molecule has 10 heteroatoms. The first kappa shape index (κ1) is 26.3. The second-order valence-electron chi connectivity index (χ2n) is 12.1. The molecule has 0 aromatic carbocycles. The number of likely N-dealkylation sites (tertiary alicyclic amines) is 1. The number of aromatic nitrogens is 4. The van der Waals surface area contributed by atoms with Crippen LogP contribution in [0.3, 0.4) is 0 Å². The molecule has 0 spiro atoms. The largest absolute Gasteiger partial charge is 0.377 e. The van der Waals surface area contributed by atoms with Gasteiger partial charge in [0.25, 0.3) is 0 Å².